The summed E-state index contributed by atoms with van der Waals surface area (Å²) in [7, 11) is 0. The number of hydrogen-bond acceptors (Lipinski definition) is 4. The molecule has 5 nitrogen and oxygen atoms in total. The van der Waals surface area contributed by atoms with E-state index in [0.717, 1.165) is 18.2 Å². The minimum absolute atomic E-state index is 0.0978. The Morgan fingerprint density at radius 3 is 2.82 bits per heavy atom. The third-order valence-corrected chi connectivity index (χ3v) is 1.94. The van der Waals surface area contributed by atoms with Crippen LogP contribution in [0.1, 0.15) is 10.4 Å². The number of carboxylic acid groups (broad SMARTS) is 1. The Bertz CT molecular complexity index is 546. The lowest BCUT2D eigenvalue weighted by atomic mass is 10.2. The molecule has 17 heavy (non-hydrogen) atoms. The molecule has 2 rings (SSSR count). The first-order valence-electron chi connectivity index (χ1n) is 4.65. The third kappa shape index (κ3) is 2.54. The molecule has 1 aromatic carbocycles. The number of aromatic carboxylic acids is 1. The number of hydrogen-bond donors (Lipinski definition) is 1. The standard InChI is InChI=1S/C11H7FN2O3/c12-7-3-4-8(11(15)16)9(6-7)17-10-2-1-5-13-14-10/h1-6H,(H,15,16). The average Bonchev–Trinajstić information content (AvgIpc) is 2.30. The number of nitrogens with zero attached hydrogens (tertiary/aromatic N) is 2. The maximum absolute atomic E-state index is 13.0. The first-order chi connectivity index (χ1) is 8.16. The van der Waals surface area contributed by atoms with Crippen molar-refractivity contribution in [1.82, 2.24) is 10.2 Å². The SMILES string of the molecule is O=C(O)c1ccc(F)cc1Oc1cccnn1. The summed E-state index contributed by atoms with van der Waals surface area (Å²) in [6.07, 6.45) is 1.44. The van der Waals surface area contributed by atoms with Crippen molar-refractivity contribution in [2.45, 2.75) is 0 Å². The number of halogens is 1. The fraction of sp³-hybridized carbons (Fsp3) is 0. The molecule has 86 valence electrons. The van der Waals surface area contributed by atoms with Crippen molar-refractivity contribution in [3.63, 3.8) is 0 Å². The summed E-state index contributed by atoms with van der Waals surface area (Å²) in [6.45, 7) is 0. The lowest BCUT2D eigenvalue weighted by Gasteiger charge is -2.06. The molecule has 1 aromatic heterocycles. The van der Waals surface area contributed by atoms with Crippen LogP contribution in [0.15, 0.2) is 36.5 Å². The first-order valence-corrected chi connectivity index (χ1v) is 4.65. The Labute approximate surface area is 95.5 Å². The third-order valence-electron chi connectivity index (χ3n) is 1.94. The van der Waals surface area contributed by atoms with Crippen molar-refractivity contribution in [2.24, 2.45) is 0 Å². The molecule has 0 unspecified atom stereocenters. The topological polar surface area (TPSA) is 72.3 Å². The van der Waals surface area contributed by atoms with Crippen molar-refractivity contribution < 1.29 is 19.0 Å². The van der Waals surface area contributed by atoms with Crippen LogP contribution in [0.2, 0.25) is 0 Å². The average molecular weight is 234 g/mol. The molecule has 0 aliphatic rings. The van der Waals surface area contributed by atoms with E-state index >= 15 is 0 Å². The molecule has 0 aliphatic heterocycles. The minimum Gasteiger partial charge on any atom is -0.478 e. The molecule has 1 N–H and O–H groups in total. The normalized spacial score (nSPS) is 9.94. The predicted octanol–water partition coefficient (Wildman–Crippen LogP) is 2.11. The lowest BCUT2D eigenvalue weighted by Crippen LogP contribution is -2.01. The Hall–Kier alpha value is -2.50. The van der Waals surface area contributed by atoms with E-state index in [-0.39, 0.29) is 17.2 Å². The van der Waals surface area contributed by atoms with Gasteiger partial charge < -0.3 is 9.84 Å². The van der Waals surface area contributed by atoms with Gasteiger partial charge in [0.15, 0.2) is 0 Å². The van der Waals surface area contributed by atoms with Gasteiger partial charge in [0.1, 0.15) is 17.1 Å². The zero-order chi connectivity index (χ0) is 12.3. The van der Waals surface area contributed by atoms with Gasteiger partial charge in [-0.15, -0.1) is 5.10 Å². The van der Waals surface area contributed by atoms with Crippen LogP contribution in [0, 0.1) is 5.82 Å². The molecule has 0 bridgehead atoms. The molecule has 0 saturated heterocycles. The number of aromatic nitrogens is 2. The van der Waals surface area contributed by atoms with E-state index in [2.05, 4.69) is 10.2 Å². The largest absolute Gasteiger partial charge is 0.478 e. The fourth-order valence-corrected chi connectivity index (χ4v) is 1.21. The van der Waals surface area contributed by atoms with E-state index in [1.165, 1.54) is 12.3 Å². The van der Waals surface area contributed by atoms with Crippen molar-refractivity contribution >= 4 is 5.97 Å². The molecule has 6 heteroatoms. The van der Waals surface area contributed by atoms with Gasteiger partial charge in [0.05, 0.1) is 0 Å². The molecular formula is C11H7FN2O3. The van der Waals surface area contributed by atoms with E-state index in [9.17, 15) is 9.18 Å². The summed E-state index contributed by atoms with van der Waals surface area (Å²) in [5.74, 6) is -1.81. The fourth-order valence-electron chi connectivity index (χ4n) is 1.21. The van der Waals surface area contributed by atoms with Crippen LogP contribution in [0.25, 0.3) is 0 Å². The highest BCUT2D eigenvalue weighted by Gasteiger charge is 2.13. The summed E-state index contributed by atoms with van der Waals surface area (Å²) in [5, 5.41) is 16.1. The van der Waals surface area contributed by atoms with Crippen molar-refractivity contribution in [3.05, 3.63) is 47.9 Å². The van der Waals surface area contributed by atoms with Gasteiger partial charge in [-0.1, -0.05) is 0 Å². The molecule has 0 radical (unpaired) electrons. The van der Waals surface area contributed by atoms with Crippen LogP contribution >= 0.6 is 0 Å². The monoisotopic (exact) mass is 234 g/mol. The summed E-state index contributed by atoms with van der Waals surface area (Å²) in [5.41, 5.74) is -0.142. The molecule has 1 heterocycles. The number of ether oxygens (including phenoxy) is 1. The van der Waals surface area contributed by atoms with E-state index in [0.29, 0.717) is 0 Å². The predicted molar refractivity (Wildman–Crippen MR) is 55.5 cm³/mol. The van der Waals surface area contributed by atoms with Crippen LogP contribution in [0.5, 0.6) is 11.6 Å². The van der Waals surface area contributed by atoms with Crippen molar-refractivity contribution in [1.29, 1.82) is 0 Å². The van der Waals surface area contributed by atoms with Gasteiger partial charge in [0, 0.05) is 18.3 Å². The molecule has 0 saturated carbocycles. The van der Waals surface area contributed by atoms with E-state index in [1.54, 1.807) is 6.07 Å². The molecule has 0 aliphatic carbocycles. The molecular weight excluding hydrogens is 227 g/mol. The number of benzene rings is 1. The summed E-state index contributed by atoms with van der Waals surface area (Å²) < 4.78 is 18.2. The summed E-state index contributed by atoms with van der Waals surface area (Å²) >= 11 is 0. The second kappa shape index (κ2) is 4.56. The highest BCUT2D eigenvalue weighted by atomic mass is 19.1. The maximum Gasteiger partial charge on any atom is 0.339 e. The van der Waals surface area contributed by atoms with Gasteiger partial charge in [-0.25, -0.2) is 9.18 Å². The highest BCUT2D eigenvalue weighted by Crippen LogP contribution is 2.24. The maximum atomic E-state index is 13.0. The zero-order valence-corrected chi connectivity index (χ0v) is 8.50. The first kappa shape index (κ1) is 11.0. The Morgan fingerprint density at radius 1 is 1.35 bits per heavy atom. The second-order valence-corrected chi connectivity index (χ2v) is 3.11. The molecule has 2 aromatic rings. The van der Waals surface area contributed by atoms with E-state index in [1.807, 2.05) is 0 Å². The van der Waals surface area contributed by atoms with Crippen molar-refractivity contribution in [2.75, 3.05) is 0 Å². The quantitative estimate of drug-likeness (QED) is 0.880. The van der Waals surface area contributed by atoms with Crippen LogP contribution in [-0.4, -0.2) is 21.3 Å². The van der Waals surface area contributed by atoms with Crippen LogP contribution in [0.3, 0.4) is 0 Å². The molecule has 0 fully saturated rings. The van der Waals surface area contributed by atoms with E-state index < -0.39 is 11.8 Å². The second-order valence-electron chi connectivity index (χ2n) is 3.11. The van der Waals surface area contributed by atoms with Gasteiger partial charge >= 0.3 is 5.97 Å². The van der Waals surface area contributed by atoms with Crippen LogP contribution in [0.4, 0.5) is 4.39 Å². The Balaban J connectivity index is 2.37. The lowest BCUT2D eigenvalue weighted by molar-refractivity contribution is 0.0694. The number of carboxylic acids is 1. The highest BCUT2D eigenvalue weighted by molar-refractivity contribution is 5.90. The van der Waals surface area contributed by atoms with Gasteiger partial charge in [-0.3, -0.25) is 0 Å². The van der Waals surface area contributed by atoms with E-state index in [4.69, 9.17) is 9.84 Å². The zero-order valence-electron chi connectivity index (χ0n) is 8.50. The molecule has 0 atom stereocenters. The smallest absolute Gasteiger partial charge is 0.339 e. The van der Waals surface area contributed by atoms with Crippen LogP contribution in [-0.2, 0) is 0 Å². The Kier molecular flexibility index (Phi) is 2.95. The summed E-state index contributed by atoms with van der Waals surface area (Å²) in [6, 6.07) is 6.22. The van der Waals surface area contributed by atoms with Gasteiger partial charge in [0.25, 0.3) is 0 Å². The van der Waals surface area contributed by atoms with Gasteiger partial charge in [-0.2, -0.15) is 5.10 Å². The van der Waals surface area contributed by atoms with Gasteiger partial charge in [-0.05, 0) is 18.2 Å². The summed E-state index contributed by atoms with van der Waals surface area (Å²) in [4.78, 5) is 10.9. The minimum atomic E-state index is -1.20. The number of rotatable bonds is 3. The van der Waals surface area contributed by atoms with Crippen molar-refractivity contribution in [3.8, 4) is 11.6 Å². The van der Waals surface area contributed by atoms with Crippen LogP contribution < -0.4 is 4.74 Å². The molecule has 0 amide bonds. The molecule has 0 spiro atoms. The Morgan fingerprint density at radius 2 is 2.18 bits per heavy atom. The number of carbonyl (C=O) groups is 1. The van der Waals surface area contributed by atoms with Gasteiger partial charge in [0.2, 0.25) is 5.88 Å².